The van der Waals surface area contributed by atoms with Gasteiger partial charge in [-0.25, -0.2) is 4.79 Å². The molecule has 0 saturated carbocycles. The Bertz CT molecular complexity index is 1360. The summed E-state index contributed by atoms with van der Waals surface area (Å²) in [5.74, 6) is -0.908. The Labute approximate surface area is 254 Å². The van der Waals surface area contributed by atoms with Crippen molar-refractivity contribution in [1.29, 1.82) is 0 Å². The summed E-state index contributed by atoms with van der Waals surface area (Å²) in [6.07, 6.45) is -4.29. The average Bonchev–Trinajstić information content (AvgIpc) is 2.87. The van der Waals surface area contributed by atoms with Gasteiger partial charge in [0.05, 0.1) is 5.56 Å². The summed E-state index contributed by atoms with van der Waals surface area (Å²) in [7, 11) is -3.39. The number of likely N-dealkylation sites (tertiary alicyclic amines) is 1. The first kappa shape index (κ1) is 34.1. The lowest BCUT2D eigenvalue weighted by Crippen LogP contribution is -2.46. The number of nitrogens with zero attached hydrogens (tertiary/aromatic N) is 1. The fourth-order valence-corrected chi connectivity index (χ4v) is 6.15. The number of amides is 2. The first-order valence-electron chi connectivity index (χ1n) is 13.3. The minimum absolute atomic E-state index is 0.0699. The molecule has 1 aliphatic heterocycles. The van der Waals surface area contributed by atoms with Gasteiger partial charge in [0.2, 0.25) is 10.2 Å². The SMILES string of the molecule is CC[S+](=O)(O)c1ccc(Cl)cc1CNC(=O)c1cc(Cl)c(CN2CCC(NC(=O)OC(C)(C)C)CC2)c(C(F)(F)F)c1. The summed E-state index contributed by atoms with van der Waals surface area (Å²) in [5.41, 5.74) is -1.86. The van der Waals surface area contributed by atoms with Crippen LogP contribution in [-0.2, 0) is 38.4 Å². The monoisotopic (exact) mass is 652 g/mol. The largest absolute Gasteiger partial charge is 0.444 e. The second-order valence-corrected chi connectivity index (χ2v) is 14.2. The molecular weight excluding hydrogens is 618 g/mol. The van der Waals surface area contributed by atoms with Crippen molar-refractivity contribution in [3.8, 4) is 0 Å². The molecule has 1 heterocycles. The number of hydrogen-bond acceptors (Lipinski definition) is 5. The third-order valence-electron chi connectivity index (χ3n) is 6.65. The summed E-state index contributed by atoms with van der Waals surface area (Å²) < 4.78 is 70.5. The van der Waals surface area contributed by atoms with Gasteiger partial charge in [0.25, 0.3) is 5.91 Å². The summed E-state index contributed by atoms with van der Waals surface area (Å²) in [6.45, 7) is 7.30. The summed E-state index contributed by atoms with van der Waals surface area (Å²) >= 11 is 12.4. The Morgan fingerprint density at radius 2 is 1.76 bits per heavy atom. The van der Waals surface area contributed by atoms with E-state index in [1.165, 1.54) is 31.2 Å². The van der Waals surface area contributed by atoms with E-state index in [0.29, 0.717) is 25.9 Å². The summed E-state index contributed by atoms with van der Waals surface area (Å²) in [6, 6.07) is 6.02. The lowest BCUT2D eigenvalue weighted by molar-refractivity contribution is -0.138. The molecule has 42 heavy (non-hydrogen) atoms. The molecule has 0 radical (unpaired) electrons. The van der Waals surface area contributed by atoms with Gasteiger partial charge in [-0.1, -0.05) is 27.4 Å². The number of alkyl carbamates (subject to hydrolysis) is 1. The molecule has 3 rings (SSSR count). The third kappa shape index (κ3) is 9.31. The minimum Gasteiger partial charge on any atom is -0.444 e. The predicted octanol–water partition coefficient (Wildman–Crippen LogP) is 6.78. The standard InChI is InChI=1S/C28H34Cl2F3N3O5S/c1-5-42(39,40)24-7-6-19(29)12-18(24)15-34-25(37)17-13-22(28(31,32)33)21(23(30)14-17)16-36-10-8-20(9-11-36)35-26(38)41-27(2,3)4/h6-7,12-14,20H,5,8-11,15-16H2,1-4H3,(H2-,34,35,37,38,39,40)/p+1. The fraction of sp³-hybridized carbons (Fsp3) is 0.500. The predicted molar refractivity (Wildman–Crippen MR) is 156 cm³/mol. The molecule has 8 nitrogen and oxygen atoms in total. The van der Waals surface area contributed by atoms with Gasteiger partial charge in [0.15, 0.2) is 4.90 Å². The van der Waals surface area contributed by atoms with Gasteiger partial charge in [-0.2, -0.15) is 17.7 Å². The number of carbonyl (C=O) groups excluding carboxylic acids is 2. The van der Waals surface area contributed by atoms with E-state index < -0.39 is 39.6 Å². The number of carbonyl (C=O) groups is 2. The van der Waals surface area contributed by atoms with Gasteiger partial charge < -0.3 is 15.4 Å². The van der Waals surface area contributed by atoms with Gasteiger partial charge in [-0.15, -0.1) is 0 Å². The Morgan fingerprint density at radius 3 is 2.33 bits per heavy atom. The van der Waals surface area contributed by atoms with Crippen molar-refractivity contribution in [3.05, 3.63) is 62.6 Å². The highest BCUT2D eigenvalue weighted by molar-refractivity contribution is 7.97. The van der Waals surface area contributed by atoms with Crippen molar-refractivity contribution in [2.75, 3.05) is 18.8 Å². The van der Waals surface area contributed by atoms with Crippen LogP contribution in [-0.4, -0.2) is 51.9 Å². The maximum absolute atomic E-state index is 14.1. The van der Waals surface area contributed by atoms with Crippen LogP contribution in [0.25, 0.3) is 0 Å². The molecule has 1 aliphatic rings. The molecule has 2 aromatic rings. The number of ether oxygens (including phenoxy) is 1. The average molecular weight is 654 g/mol. The summed E-state index contributed by atoms with van der Waals surface area (Å²) in [4.78, 5) is 26.9. The van der Waals surface area contributed by atoms with Crippen molar-refractivity contribution >= 4 is 45.4 Å². The van der Waals surface area contributed by atoms with Crippen molar-refractivity contribution in [2.45, 2.75) is 76.3 Å². The fourth-order valence-electron chi connectivity index (χ4n) is 4.54. The second-order valence-electron chi connectivity index (χ2n) is 11.0. The number of alkyl halides is 3. The Hall–Kier alpha value is -2.38. The lowest BCUT2D eigenvalue weighted by atomic mass is 10.00. The minimum atomic E-state index is -4.78. The van der Waals surface area contributed by atoms with Gasteiger partial charge in [-0.3, -0.25) is 9.69 Å². The second kappa shape index (κ2) is 13.5. The first-order chi connectivity index (χ1) is 19.4. The van der Waals surface area contributed by atoms with Gasteiger partial charge in [0.1, 0.15) is 11.4 Å². The van der Waals surface area contributed by atoms with E-state index >= 15 is 0 Å². The molecule has 2 amide bonds. The molecule has 0 aromatic heterocycles. The summed E-state index contributed by atoms with van der Waals surface area (Å²) in [5, 5.41) is 5.36. The van der Waals surface area contributed by atoms with E-state index in [4.69, 9.17) is 27.9 Å². The lowest BCUT2D eigenvalue weighted by Gasteiger charge is -2.33. The highest BCUT2D eigenvalue weighted by atomic mass is 35.5. The van der Waals surface area contributed by atoms with Crippen molar-refractivity contribution < 1.29 is 36.3 Å². The van der Waals surface area contributed by atoms with E-state index in [-0.39, 0.29) is 56.5 Å². The van der Waals surface area contributed by atoms with E-state index in [9.17, 15) is 31.5 Å². The molecule has 3 N–H and O–H groups in total. The molecule has 0 spiro atoms. The van der Waals surface area contributed by atoms with Gasteiger partial charge in [0, 0.05) is 53.4 Å². The molecule has 14 heteroatoms. The number of piperidine rings is 1. The van der Waals surface area contributed by atoms with E-state index in [1.54, 1.807) is 20.8 Å². The number of rotatable bonds is 8. The molecule has 1 unspecified atom stereocenters. The zero-order valence-electron chi connectivity index (χ0n) is 23.7. The van der Waals surface area contributed by atoms with Crippen LogP contribution < -0.4 is 10.6 Å². The van der Waals surface area contributed by atoms with Crippen LogP contribution in [0.5, 0.6) is 0 Å². The van der Waals surface area contributed by atoms with Crippen LogP contribution in [0, 0.1) is 0 Å². The van der Waals surface area contributed by atoms with E-state index in [2.05, 4.69) is 10.6 Å². The molecule has 232 valence electrons. The maximum atomic E-state index is 14.1. The molecule has 2 aromatic carbocycles. The van der Waals surface area contributed by atoms with Gasteiger partial charge >= 0.3 is 12.3 Å². The Kier molecular flexibility index (Phi) is 11.0. The highest BCUT2D eigenvalue weighted by Gasteiger charge is 2.36. The number of benzene rings is 2. The molecule has 1 saturated heterocycles. The number of nitrogens with one attached hydrogen (secondary N) is 2. The van der Waals surface area contributed by atoms with Crippen molar-refractivity contribution in [3.63, 3.8) is 0 Å². The quantitative estimate of drug-likeness (QED) is 0.271. The molecule has 1 atom stereocenters. The first-order valence-corrected chi connectivity index (χ1v) is 15.8. The van der Waals surface area contributed by atoms with Crippen LogP contribution in [0.3, 0.4) is 0 Å². The molecule has 1 fully saturated rings. The Balaban J connectivity index is 1.73. The number of hydrogen-bond donors (Lipinski definition) is 3. The topological polar surface area (TPSA) is 108 Å². The van der Waals surface area contributed by atoms with Crippen LogP contribution >= 0.6 is 23.2 Å². The normalized spacial score (nSPS) is 16.5. The van der Waals surface area contributed by atoms with Crippen molar-refractivity contribution in [2.24, 2.45) is 0 Å². The molecular formula is C28H35Cl2F3N3O5S+. The van der Waals surface area contributed by atoms with Crippen LogP contribution in [0.4, 0.5) is 18.0 Å². The van der Waals surface area contributed by atoms with Crippen LogP contribution in [0.15, 0.2) is 35.2 Å². The molecule has 0 aliphatic carbocycles. The van der Waals surface area contributed by atoms with Crippen LogP contribution in [0.2, 0.25) is 10.0 Å². The zero-order chi connectivity index (χ0) is 31.5. The Morgan fingerprint density at radius 1 is 1.12 bits per heavy atom. The van der Waals surface area contributed by atoms with Crippen molar-refractivity contribution in [1.82, 2.24) is 15.5 Å². The van der Waals surface area contributed by atoms with Crippen LogP contribution in [0.1, 0.15) is 67.6 Å². The highest BCUT2D eigenvalue weighted by Crippen LogP contribution is 2.37. The van der Waals surface area contributed by atoms with E-state index in [0.717, 1.165) is 6.07 Å². The molecule has 0 bridgehead atoms. The maximum Gasteiger partial charge on any atom is 0.416 e. The van der Waals surface area contributed by atoms with E-state index in [1.807, 2.05) is 4.90 Å². The third-order valence-corrected chi connectivity index (χ3v) is 9.09. The smallest absolute Gasteiger partial charge is 0.416 e. The van der Waals surface area contributed by atoms with Gasteiger partial charge in [-0.05, 0) is 76.4 Å². The zero-order valence-corrected chi connectivity index (χ0v) is 26.1. The number of halogens is 5.